The number of esters is 1. The van der Waals surface area contributed by atoms with Gasteiger partial charge in [-0.05, 0) is 49.2 Å². The smallest absolute Gasteiger partial charge is 0.321 e. The summed E-state index contributed by atoms with van der Waals surface area (Å²) in [7, 11) is -3.79. The lowest BCUT2D eigenvalue weighted by Crippen LogP contribution is -2.30. The number of aryl methyl sites for hydroxylation is 2. The second-order valence-electron chi connectivity index (χ2n) is 5.81. The average Bonchev–Trinajstić information content (AvgIpc) is 3.03. The number of oxazole rings is 1. The van der Waals surface area contributed by atoms with Crippen molar-refractivity contribution in [3.8, 4) is 0 Å². The van der Waals surface area contributed by atoms with Gasteiger partial charge in [0.1, 0.15) is 12.1 Å². The fourth-order valence-corrected chi connectivity index (χ4v) is 3.35. The standard InChI is InChI=1S/C18H18N2O5S/c1-12-7-8-14(9-13(12)2)26(22,23)19-10-18(21)24-11-17-20-15-5-3-4-6-16(15)25-17/h3-9,19H,10-11H2,1-2H3. The number of fused-ring (bicyclic) bond motifs is 1. The van der Waals surface area contributed by atoms with Gasteiger partial charge in [-0.3, -0.25) is 4.79 Å². The van der Waals surface area contributed by atoms with E-state index in [0.717, 1.165) is 11.1 Å². The van der Waals surface area contributed by atoms with Gasteiger partial charge in [0.25, 0.3) is 0 Å². The Kier molecular flexibility index (Phi) is 5.06. The first kappa shape index (κ1) is 18.1. The highest BCUT2D eigenvalue weighted by Crippen LogP contribution is 2.16. The zero-order chi connectivity index (χ0) is 18.7. The molecule has 136 valence electrons. The molecule has 0 fully saturated rings. The van der Waals surface area contributed by atoms with Crippen molar-refractivity contribution in [1.82, 2.24) is 9.71 Å². The first-order valence-electron chi connectivity index (χ1n) is 7.92. The van der Waals surface area contributed by atoms with Gasteiger partial charge in [-0.1, -0.05) is 18.2 Å². The molecule has 3 aromatic rings. The summed E-state index contributed by atoms with van der Waals surface area (Å²) in [6.07, 6.45) is 0. The molecule has 1 N–H and O–H groups in total. The summed E-state index contributed by atoms with van der Waals surface area (Å²) < 4.78 is 37.2. The molecule has 0 amide bonds. The SMILES string of the molecule is Cc1ccc(S(=O)(=O)NCC(=O)OCc2nc3ccccc3o2)cc1C. The lowest BCUT2D eigenvalue weighted by Gasteiger charge is -2.08. The number of nitrogens with one attached hydrogen (secondary N) is 1. The second-order valence-corrected chi connectivity index (χ2v) is 7.57. The Morgan fingerprint density at radius 3 is 2.65 bits per heavy atom. The molecule has 0 spiro atoms. The van der Waals surface area contributed by atoms with E-state index in [0.29, 0.717) is 11.1 Å². The Balaban J connectivity index is 1.56. The van der Waals surface area contributed by atoms with Gasteiger partial charge < -0.3 is 9.15 Å². The van der Waals surface area contributed by atoms with Crippen molar-refractivity contribution < 1.29 is 22.4 Å². The highest BCUT2D eigenvalue weighted by Gasteiger charge is 2.17. The van der Waals surface area contributed by atoms with E-state index in [2.05, 4.69) is 9.71 Å². The predicted octanol–water partition coefficient (Wildman–Crippen LogP) is 2.47. The molecule has 3 rings (SSSR count). The van der Waals surface area contributed by atoms with E-state index in [1.54, 1.807) is 24.3 Å². The van der Waals surface area contributed by atoms with Crippen LogP contribution in [0.25, 0.3) is 11.1 Å². The van der Waals surface area contributed by atoms with Gasteiger partial charge in [-0.25, -0.2) is 13.4 Å². The molecule has 8 heteroatoms. The molecule has 0 radical (unpaired) electrons. The Labute approximate surface area is 151 Å². The molecule has 0 saturated carbocycles. The van der Waals surface area contributed by atoms with Gasteiger partial charge >= 0.3 is 5.97 Å². The van der Waals surface area contributed by atoms with Gasteiger partial charge in [0.15, 0.2) is 12.2 Å². The summed E-state index contributed by atoms with van der Waals surface area (Å²) in [5.41, 5.74) is 3.09. The Hall–Kier alpha value is -2.71. The highest BCUT2D eigenvalue weighted by atomic mass is 32.2. The third-order valence-corrected chi connectivity index (χ3v) is 5.29. The Morgan fingerprint density at radius 1 is 1.15 bits per heavy atom. The number of rotatable bonds is 6. The van der Waals surface area contributed by atoms with Crippen molar-refractivity contribution in [3.63, 3.8) is 0 Å². The maximum Gasteiger partial charge on any atom is 0.321 e. The zero-order valence-electron chi connectivity index (χ0n) is 14.4. The zero-order valence-corrected chi connectivity index (χ0v) is 15.2. The van der Waals surface area contributed by atoms with Crippen molar-refractivity contribution in [2.24, 2.45) is 0 Å². The quantitative estimate of drug-likeness (QED) is 0.666. The van der Waals surface area contributed by atoms with Crippen molar-refractivity contribution >= 4 is 27.1 Å². The number of hydrogen-bond acceptors (Lipinski definition) is 6. The van der Waals surface area contributed by atoms with Crippen LogP contribution in [0.1, 0.15) is 17.0 Å². The van der Waals surface area contributed by atoms with Crippen LogP contribution in [0.4, 0.5) is 0 Å². The summed E-state index contributed by atoms with van der Waals surface area (Å²) in [6.45, 7) is 3.07. The fourth-order valence-electron chi connectivity index (χ4n) is 2.29. The van der Waals surface area contributed by atoms with Crippen LogP contribution in [0.5, 0.6) is 0 Å². The van der Waals surface area contributed by atoms with Crippen molar-refractivity contribution in [2.75, 3.05) is 6.54 Å². The third kappa shape index (κ3) is 4.09. The third-order valence-electron chi connectivity index (χ3n) is 3.89. The second kappa shape index (κ2) is 7.27. The number of benzene rings is 2. The largest absolute Gasteiger partial charge is 0.455 e. The van der Waals surface area contributed by atoms with E-state index >= 15 is 0 Å². The van der Waals surface area contributed by atoms with Gasteiger partial charge in [-0.2, -0.15) is 4.72 Å². The minimum Gasteiger partial charge on any atom is -0.455 e. The number of nitrogens with zero attached hydrogens (tertiary/aromatic N) is 1. The van der Waals surface area contributed by atoms with Crippen LogP contribution in [0.2, 0.25) is 0 Å². The molecule has 1 heterocycles. The Morgan fingerprint density at radius 2 is 1.92 bits per heavy atom. The summed E-state index contributed by atoms with van der Waals surface area (Å²) >= 11 is 0. The molecule has 7 nitrogen and oxygen atoms in total. The average molecular weight is 374 g/mol. The topological polar surface area (TPSA) is 98.5 Å². The monoisotopic (exact) mass is 374 g/mol. The number of carbonyl (C=O) groups excluding carboxylic acids is 1. The minimum atomic E-state index is -3.79. The number of sulfonamides is 1. The fraction of sp³-hybridized carbons (Fsp3) is 0.222. The van der Waals surface area contributed by atoms with Gasteiger partial charge in [0.05, 0.1) is 4.90 Å². The van der Waals surface area contributed by atoms with Gasteiger partial charge in [0, 0.05) is 0 Å². The maximum atomic E-state index is 12.2. The lowest BCUT2D eigenvalue weighted by atomic mass is 10.1. The molecule has 1 aromatic heterocycles. The highest BCUT2D eigenvalue weighted by molar-refractivity contribution is 7.89. The molecular formula is C18H18N2O5S. The van der Waals surface area contributed by atoms with Crippen molar-refractivity contribution in [3.05, 3.63) is 59.5 Å². The molecule has 0 aliphatic heterocycles. The molecule has 0 atom stereocenters. The summed E-state index contributed by atoms with van der Waals surface area (Å²) in [6, 6.07) is 11.9. The molecule has 26 heavy (non-hydrogen) atoms. The maximum absolute atomic E-state index is 12.2. The number of para-hydroxylation sites is 2. The molecule has 0 aliphatic carbocycles. The summed E-state index contributed by atoms with van der Waals surface area (Å²) in [5, 5.41) is 0. The van der Waals surface area contributed by atoms with Crippen LogP contribution < -0.4 is 4.72 Å². The van der Waals surface area contributed by atoms with Crippen LogP contribution in [-0.4, -0.2) is 25.9 Å². The van der Waals surface area contributed by atoms with E-state index in [1.807, 2.05) is 26.0 Å². The summed E-state index contributed by atoms with van der Waals surface area (Å²) in [4.78, 5) is 16.1. The first-order valence-corrected chi connectivity index (χ1v) is 9.40. The molecule has 0 unspecified atom stereocenters. The number of hydrogen-bond donors (Lipinski definition) is 1. The molecule has 0 bridgehead atoms. The molecular weight excluding hydrogens is 356 g/mol. The van der Waals surface area contributed by atoms with Crippen LogP contribution >= 0.6 is 0 Å². The normalized spacial score (nSPS) is 11.6. The minimum absolute atomic E-state index is 0.104. The van der Waals surface area contributed by atoms with Crippen molar-refractivity contribution in [1.29, 1.82) is 0 Å². The van der Waals surface area contributed by atoms with E-state index < -0.39 is 22.5 Å². The van der Waals surface area contributed by atoms with E-state index in [9.17, 15) is 13.2 Å². The number of aromatic nitrogens is 1. The van der Waals surface area contributed by atoms with Crippen LogP contribution in [0.3, 0.4) is 0 Å². The molecule has 2 aromatic carbocycles. The van der Waals surface area contributed by atoms with Gasteiger partial charge in [-0.15, -0.1) is 0 Å². The Bertz CT molecular complexity index is 1020. The predicted molar refractivity (Wildman–Crippen MR) is 94.9 cm³/mol. The number of ether oxygens (including phenoxy) is 1. The van der Waals surface area contributed by atoms with E-state index in [4.69, 9.17) is 9.15 Å². The first-order chi connectivity index (χ1) is 12.3. The van der Waals surface area contributed by atoms with E-state index in [1.165, 1.54) is 6.07 Å². The summed E-state index contributed by atoms with van der Waals surface area (Å²) in [5.74, 6) is -0.476. The molecule has 0 aliphatic rings. The van der Waals surface area contributed by atoms with Crippen molar-refractivity contribution in [2.45, 2.75) is 25.3 Å². The van der Waals surface area contributed by atoms with E-state index in [-0.39, 0.29) is 17.4 Å². The lowest BCUT2D eigenvalue weighted by molar-refractivity contribution is -0.144. The van der Waals surface area contributed by atoms with Crippen LogP contribution in [0, 0.1) is 13.8 Å². The number of carbonyl (C=O) groups is 1. The molecule has 0 saturated heterocycles. The van der Waals surface area contributed by atoms with Crippen LogP contribution in [-0.2, 0) is 26.2 Å². The van der Waals surface area contributed by atoms with Crippen LogP contribution in [0.15, 0.2) is 51.8 Å². The van der Waals surface area contributed by atoms with Gasteiger partial charge in [0.2, 0.25) is 15.9 Å².